The Morgan fingerprint density at radius 3 is 2.83 bits per heavy atom. The Balaban J connectivity index is 1.72. The summed E-state index contributed by atoms with van der Waals surface area (Å²) in [6, 6.07) is 11.4. The van der Waals surface area contributed by atoms with E-state index in [-0.39, 0.29) is 17.1 Å². The lowest BCUT2D eigenvalue weighted by atomic mass is 10.2. The number of carbonyl (C=O) groups is 1. The van der Waals surface area contributed by atoms with Crippen molar-refractivity contribution < 1.29 is 19.2 Å². The van der Waals surface area contributed by atoms with Crippen molar-refractivity contribution in [2.45, 2.75) is 12.1 Å². The molecule has 0 spiro atoms. The first-order valence-corrected chi connectivity index (χ1v) is 9.77. The van der Waals surface area contributed by atoms with Crippen molar-refractivity contribution in [3.05, 3.63) is 52.6 Å². The minimum atomic E-state index is -0.587. The molecule has 0 saturated heterocycles. The summed E-state index contributed by atoms with van der Waals surface area (Å²) in [5.74, 6) is 0.426. The maximum absolute atomic E-state index is 12.4. The molecule has 0 aliphatic rings. The fourth-order valence-electron chi connectivity index (χ4n) is 2.54. The van der Waals surface area contributed by atoms with Crippen LogP contribution in [0.2, 0.25) is 0 Å². The smallest absolute Gasteiger partial charge is 0.296 e. The number of benzene rings is 2. The highest BCUT2D eigenvalue weighted by atomic mass is 32.2. The Morgan fingerprint density at radius 1 is 1.30 bits per heavy atom. The zero-order valence-electron chi connectivity index (χ0n) is 16.1. The summed E-state index contributed by atoms with van der Waals surface area (Å²) in [5, 5.41) is 25.8. The third-order valence-electron chi connectivity index (χ3n) is 3.84. The van der Waals surface area contributed by atoms with Crippen molar-refractivity contribution >= 4 is 29.0 Å². The predicted octanol–water partition coefficient (Wildman–Crippen LogP) is 2.71. The number of nitrogens with zero attached hydrogens (tertiary/aromatic N) is 5. The molecule has 0 radical (unpaired) electrons. The van der Waals surface area contributed by atoms with Gasteiger partial charge in [0.05, 0.1) is 30.5 Å². The minimum absolute atomic E-state index is 0.0552. The van der Waals surface area contributed by atoms with Crippen LogP contribution in [-0.4, -0.2) is 50.5 Å². The molecule has 0 saturated carbocycles. The lowest BCUT2D eigenvalue weighted by Gasteiger charge is -2.10. The van der Waals surface area contributed by atoms with Crippen molar-refractivity contribution in [1.82, 2.24) is 20.2 Å². The summed E-state index contributed by atoms with van der Waals surface area (Å²) >= 11 is 1.09. The number of nitrogens with one attached hydrogen (secondary N) is 1. The van der Waals surface area contributed by atoms with E-state index < -0.39 is 10.8 Å². The lowest BCUT2D eigenvalue weighted by molar-refractivity contribution is -0.384. The van der Waals surface area contributed by atoms with Gasteiger partial charge in [-0.1, -0.05) is 23.9 Å². The number of aromatic nitrogens is 4. The van der Waals surface area contributed by atoms with Crippen LogP contribution in [0.15, 0.2) is 47.6 Å². The van der Waals surface area contributed by atoms with Crippen molar-refractivity contribution in [2.24, 2.45) is 0 Å². The predicted molar refractivity (Wildman–Crippen MR) is 109 cm³/mol. The Labute approximate surface area is 175 Å². The standard InChI is InChI=1S/C18H18N6O5S/c1-3-29-16-7-5-4-6-14(16)23-18(20-21-22-23)30-11-17(25)19-13-9-8-12(28-2)10-15(13)24(26)27/h4-10H,3,11H2,1-2H3,(H,19,25). The van der Waals surface area contributed by atoms with Gasteiger partial charge in [-0.2, -0.15) is 4.68 Å². The van der Waals surface area contributed by atoms with Crippen LogP contribution in [0, 0.1) is 10.1 Å². The number of thioether (sulfide) groups is 1. The number of hydrogen-bond donors (Lipinski definition) is 1. The number of ether oxygens (including phenoxy) is 2. The number of amides is 1. The maximum Gasteiger partial charge on any atom is 0.296 e. The second kappa shape index (κ2) is 9.69. The number of nitro benzene ring substituents is 1. The van der Waals surface area contributed by atoms with Crippen molar-refractivity contribution in [3.63, 3.8) is 0 Å². The molecule has 0 aliphatic carbocycles. The maximum atomic E-state index is 12.4. The lowest BCUT2D eigenvalue weighted by Crippen LogP contribution is -2.15. The quantitative estimate of drug-likeness (QED) is 0.309. The fourth-order valence-corrected chi connectivity index (χ4v) is 3.23. The van der Waals surface area contributed by atoms with Gasteiger partial charge in [0.15, 0.2) is 0 Å². The molecule has 1 N–H and O–H groups in total. The average molecular weight is 430 g/mol. The van der Waals surface area contributed by atoms with Gasteiger partial charge in [-0.3, -0.25) is 14.9 Å². The Morgan fingerprint density at radius 2 is 2.10 bits per heavy atom. The average Bonchev–Trinajstić information content (AvgIpc) is 3.21. The molecule has 1 amide bonds. The molecule has 0 atom stereocenters. The van der Waals surface area contributed by atoms with Gasteiger partial charge < -0.3 is 14.8 Å². The zero-order valence-corrected chi connectivity index (χ0v) is 17.0. The Hall–Kier alpha value is -3.67. The van der Waals surface area contributed by atoms with Crippen LogP contribution in [0.25, 0.3) is 5.69 Å². The topological polar surface area (TPSA) is 134 Å². The van der Waals surface area contributed by atoms with Gasteiger partial charge >= 0.3 is 0 Å². The van der Waals surface area contributed by atoms with Gasteiger partial charge in [0, 0.05) is 0 Å². The van der Waals surface area contributed by atoms with Gasteiger partial charge in [-0.05, 0) is 41.6 Å². The molecule has 11 nitrogen and oxygen atoms in total. The summed E-state index contributed by atoms with van der Waals surface area (Å²) in [4.78, 5) is 23.0. The van der Waals surface area contributed by atoms with Crippen LogP contribution in [0.5, 0.6) is 11.5 Å². The van der Waals surface area contributed by atoms with E-state index in [0.717, 1.165) is 11.8 Å². The SMILES string of the molecule is CCOc1ccccc1-n1nnnc1SCC(=O)Nc1ccc(OC)cc1[N+](=O)[O-]. The number of tetrazole rings is 1. The monoisotopic (exact) mass is 430 g/mol. The second-order valence-corrected chi connectivity index (χ2v) is 6.69. The van der Waals surface area contributed by atoms with Crippen LogP contribution in [-0.2, 0) is 4.79 Å². The number of hydrogen-bond acceptors (Lipinski definition) is 9. The van der Waals surface area contributed by atoms with Crippen molar-refractivity contribution in [1.29, 1.82) is 0 Å². The van der Waals surface area contributed by atoms with E-state index in [2.05, 4.69) is 20.8 Å². The summed E-state index contributed by atoms with van der Waals surface area (Å²) < 4.78 is 12.1. The van der Waals surface area contributed by atoms with Crippen molar-refractivity contribution in [2.75, 3.05) is 24.8 Å². The minimum Gasteiger partial charge on any atom is -0.496 e. The number of nitro groups is 1. The van der Waals surface area contributed by atoms with Crippen LogP contribution < -0.4 is 14.8 Å². The van der Waals surface area contributed by atoms with E-state index in [1.54, 1.807) is 12.1 Å². The van der Waals surface area contributed by atoms with Crippen molar-refractivity contribution in [3.8, 4) is 17.2 Å². The number of para-hydroxylation sites is 2. The van der Waals surface area contributed by atoms with E-state index >= 15 is 0 Å². The Kier molecular flexibility index (Phi) is 6.80. The van der Waals surface area contributed by atoms with Crippen LogP contribution >= 0.6 is 11.8 Å². The van der Waals surface area contributed by atoms with E-state index in [4.69, 9.17) is 9.47 Å². The number of rotatable bonds is 9. The van der Waals surface area contributed by atoms with E-state index in [9.17, 15) is 14.9 Å². The molecule has 3 rings (SSSR count). The van der Waals surface area contributed by atoms with Crippen LogP contribution in [0.3, 0.4) is 0 Å². The molecule has 1 heterocycles. The molecule has 156 valence electrons. The third kappa shape index (κ3) is 4.84. The fraction of sp³-hybridized carbons (Fsp3) is 0.222. The molecular formula is C18H18N6O5S. The molecule has 0 unspecified atom stereocenters. The molecule has 2 aromatic carbocycles. The Bertz CT molecular complexity index is 1060. The molecule has 0 fully saturated rings. The highest BCUT2D eigenvalue weighted by Gasteiger charge is 2.19. The van der Waals surface area contributed by atoms with Crippen LogP contribution in [0.1, 0.15) is 6.92 Å². The summed E-state index contributed by atoms with van der Waals surface area (Å²) in [7, 11) is 1.40. The molecule has 12 heteroatoms. The largest absolute Gasteiger partial charge is 0.496 e. The van der Waals surface area contributed by atoms with Gasteiger partial charge in [0.2, 0.25) is 11.1 Å². The third-order valence-corrected chi connectivity index (χ3v) is 4.76. The number of anilines is 1. The summed E-state index contributed by atoms with van der Waals surface area (Å²) in [6.07, 6.45) is 0. The van der Waals surface area contributed by atoms with Gasteiger partial charge in [0.1, 0.15) is 22.9 Å². The first kappa shape index (κ1) is 21.0. The highest BCUT2D eigenvalue weighted by molar-refractivity contribution is 7.99. The number of methoxy groups -OCH3 is 1. The highest BCUT2D eigenvalue weighted by Crippen LogP contribution is 2.30. The zero-order chi connectivity index (χ0) is 21.5. The summed E-state index contributed by atoms with van der Waals surface area (Å²) in [5.41, 5.74) is 0.453. The molecule has 30 heavy (non-hydrogen) atoms. The molecule has 0 aliphatic heterocycles. The summed E-state index contributed by atoms with van der Waals surface area (Å²) in [6.45, 7) is 2.35. The van der Waals surface area contributed by atoms with Gasteiger partial charge in [-0.25, -0.2) is 0 Å². The first-order valence-electron chi connectivity index (χ1n) is 8.79. The van der Waals surface area contributed by atoms with Gasteiger partial charge in [-0.15, -0.1) is 5.10 Å². The molecule has 3 aromatic rings. The van der Waals surface area contributed by atoms with E-state index in [0.29, 0.717) is 28.9 Å². The second-order valence-electron chi connectivity index (χ2n) is 5.75. The van der Waals surface area contributed by atoms with Gasteiger partial charge in [0.25, 0.3) is 5.69 Å². The molecule has 1 aromatic heterocycles. The van der Waals surface area contributed by atoms with E-state index in [1.165, 1.54) is 30.0 Å². The molecule has 0 bridgehead atoms. The van der Waals surface area contributed by atoms with E-state index in [1.807, 2.05) is 19.1 Å². The first-order chi connectivity index (χ1) is 14.5. The molecular weight excluding hydrogens is 412 g/mol. The number of carbonyl (C=O) groups excluding carboxylic acids is 1. The van der Waals surface area contributed by atoms with Crippen LogP contribution in [0.4, 0.5) is 11.4 Å². The normalized spacial score (nSPS) is 10.5.